The zero-order valence-corrected chi connectivity index (χ0v) is 10.2. The quantitative estimate of drug-likeness (QED) is 0.718. The molecule has 0 saturated heterocycles. The molecule has 18 heavy (non-hydrogen) atoms. The van der Waals surface area contributed by atoms with Gasteiger partial charge in [0.05, 0.1) is 6.20 Å². The summed E-state index contributed by atoms with van der Waals surface area (Å²) in [6.45, 7) is 3.12. The number of aryl methyl sites for hydroxylation is 1. The Morgan fingerprint density at radius 3 is 3.06 bits per heavy atom. The van der Waals surface area contributed by atoms with Gasteiger partial charge in [0.25, 0.3) is 5.56 Å². The number of H-pyrrole nitrogens is 1. The van der Waals surface area contributed by atoms with Gasteiger partial charge in [-0.15, -0.1) is 0 Å². The molecule has 0 aliphatic rings. The standard InChI is InChI=1S/C11H16N6O/c1-2-4-17-5-3-13-10(11(17)18)14-6-8-7-15-16-9(8)12/h3,5,7H,2,4,6H2,1H3,(H,13,14)(H3,12,15,16). The molecule has 7 heteroatoms. The first-order valence-corrected chi connectivity index (χ1v) is 5.79. The lowest BCUT2D eigenvalue weighted by molar-refractivity contribution is 0.649. The van der Waals surface area contributed by atoms with E-state index in [2.05, 4.69) is 20.5 Å². The minimum absolute atomic E-state index is 0.124. The highest BCUT2D eigenvalue weighted by Gasteiger charge is 2.06. The van der Waals surface area contributed by atoms with E-state index in [1.165, 1.54) is 0 Å². The van der Waals surface area contributed by atoms with Crippen molar-refractivity contribution in [2.45, 2.75) is 26.4 Å². The molecule has 4 N–H and O–H groups in total. The van der Waals surface area contributed by atoms with Crippen molar-refractivity contribution in [2.24, 2.45) is 0 Å². The third-order valence-corrected chi connectivity index (χ3v) is 2.58. The first kappa shape index (κ1) is 12.2. The van der Waals surface area contributed by atoms with Crippen LogP contribution in [0.5, 0.6) is 0 Å². The summed E-state index contributed by atoms with van der Waals surface area (Å²) in [5, 5.41) is 9.42. The number of nitrogen functional groups attached to an aromatic ring is 1. The third kappa shape index (κ3) is 2.50. The summed E-state index contributed by atoms with van der Waals surface area (Å²) in [5.74, 6) is 0.818. The molecule has 0 bridgehead atoms. The van der Waals surface area contributed by atoms with Crippen molar-refractivity contribution in [1.82, 2.24) is 19.7 Å². The van der Waals surface area contributed by atoms with Crippen molar-refractivity contribution in [1.29, 1.82) is 0 Å². The van der Waals surface area contributed by atoms with Gasteiger partial charge >= 0.3 is 0 Å². The Kier molecular flexibility index (Phi) is 3.61. The van der Waals surface area contributed by atoms with Crippen LogP contribution < -0.4 is 16.6 Å². The van der Waals surface area contributed by atoms with Crippen LogP contribution in [0.25, 0.3) is 0 Å². The predicted octanol–water partition coefficient (Wildman–Crippen LogP) is 0.571. The maximum Gasteiger partial charge on any atom is 0.293 e. The monoisotopic (exact) mass is 248 g/mol. The largest absolute Gasteiger partial charge is 0.384 e. The van der Waals surface area contributed by atoms with Crippen molar-refractivity contribution in [2.75, 3.05) is 11.1 Å². The highest BCUT2D eigenvalue weighted by Crippen LogP contribution is 2.07. The second-order valence-corrected chi connectivity index (χ2v) is 3.94. The molecule has 7 nitrogen and oxygen atoms in total. The average Bonchev–Trinajstić information content (AvgIpc) is 2.76. The van der Waals surface area contributed by atoms with Gasteiger partial charge in [0.15, 0.2) is 5.82 Å². The number of anilines is 2. The molecule has 2 rings (SSSR count). The average molecular weight is 248 g/mol. The number of nitrogens with one attached hydrogen (secondary N) is 2. The zero-order valence-electron chi connectivity index (χ0n) is 10.2. The van der Waals surface area contributed by atoms with Gasteiger partial charge in [-0.2, -0.15) is 5.10 Å². The molecule has 0 unspecified atom stereocenters. The molecule has 0 radical (unpaired) electrons. The molecule has 2 aromatic rings. The number of nitrogens with two attached hydrogens (primary N) is 1. The van der Waals surface area contributed by atoms with Crippen LogP contribution in [0.4, 0.5) is 11.6 Å². The van der Waals surface area contributed by atoms with Crippen molar-refractivity contribution in [3.8, 4) is 0 Å². The number of rotatable bonds is 5. The van der Waals surface area contributed by atoms with Crippen molar-refractivity contribution in [3.05, 3.63) is 34.5 Å². The zero-order chi connectivity index (χ0) is 13.0. The fraction of sp³-hybridized carbons (Fsp3) is 0.364. The maximum absolute atomic E-state index is 12.0. The molecule has 2 heterocycles. The van der Waals surface area contributed by atoms with Gasteiger partial charge in [0.2, 0.25) is 0 Å². The molecular weight excluding hydrogens is 232 g/mol. The molecule has 0 spiro atoms. The molecule has 0 aromatic carbocycles. The van der Waals surface area contributed by atoms with Crippen LogP contribution in [0, 0.1) is 0 Å². The lowest BCUT2D eigenvalue weighted by atomic mass is 10.3. The van der Waals surface area contributed by atoms with Crippen LogP contribution >= 0.6 is 0 Å². The minimum atomic E-state index is -0.124. The molecule has 0 atom stereocenters. The number of nitrogens with zero attached hydrogens (tertiary/aromatic N) is 3. The van der Waals surface area contributed by atoms with Crippen LogP contribution in [0.1, 0.15) is 18.9 Å². The van der Waals surface area contributed by atoms with Gasteiger partial charge in [-0.05, 0) is 6.42 Å². The normalized spacial score (nSPS) is 10.5. The van der Waals surface area contributed by atoms with Crippen LogP contribution in [-0.2, 0) is 13.1 Å². The lowest BCUT2D eigenvalue weighted by Crippen LogP contribution is -2.24. The van der Waals surface area contributed by atoms with Crippen molar-refractivity contribution < 1.29 is 0 Å². The van der Waals surface area contributed by atoms with E-state index in [1.54, 1.807) is 23.2 Å². The van der Waals surface area contributed by atoms with Crippen molar-refractivity contribution in [3.63, 3.8) is 0 Å². The molecule has 0 aliphatic heterocycles. The van der Waals surface area contributed by atoms with Gasteiger partial charge in [0, 0.05) is 31.0 Å². The smallest absolute Gasteiger partial charge is 0.293 e. The fourth-order valence-electron chi connectivity index (χ4n) is 1.63. The molecule has 0 saturated carbocycles. The van der Waals surface area contributed by atoms with E-state index in [4.69, 9.17) is 5.73 Å². The van der Waals surface area contributed by atoms with Gasteiger partial charge in [0.1, 0.15) is 5.82 Å². The Balaban J connectivity index is 2.12. The second kappa shape index (κ2) is 5.35. The molecule has 2 aromatic heterocycles. The number of aromatic nitrogens is 4. The first-order valence-electron chi connectivity index (χ1n) is 5.79. The summed E-state index contributed by atoms with van der Waals surface area (Å²) in [4.78, 5) is 16.0. The molecule has 96 valence electrons. The van der Waals surface area contributed by atoms with E-state index < -0.39 is 0 Å². The second-order valence-electron chi connectivity index (χ2n) is 3.94. The van der Waals surface area contributed by atoms with Gasteiger partial charge in [-0.25, -0.2) is 4.98 Å². The predicted molar refractivity (Wildman–Crippen MR) is 69.1 cm³/mol. The van der Waals surface area contributed by atoms with Gasteiger partial charge < -0.3 is 15.6 Å². The fourth-order valence-corrected chi connectivity index (χ4v) is 1.63. The summed E-state index contributed by atoms with van der Waals surface area (Å²) in [5.41, 5.74) is 6.34. The SMILES string of the molecule is CCCn1ccnc(NCc2cn[nH]c2N)c1=O. The van der Waals surface area contributed by atoms with E-state index >= 15 is 0 Å². The summed E-state index contributed by atoms with van der Waals surface area (Å²) >= 11 is 0. The van der Waals surface area contributed by atoms with Gasteiger partial charge in [-0.1, -0.05) is 6.92 Å². The van der Waals surface area contributed by atoms with Crippen LogP contribution in [0.2, 0.25) is 0 Å². The number of hydrogen-bond acceptors (Lipinski definition) is 5. The van der Waals surface area contributed by atoms with E-state index in [0.717, 1.165) is 12.0 Å². The topological polar surface area (TPSA) is 102 Å². The molecule has 0 fully saturated rings. The summed E-state index contributed by atoms with van der Waals surface area (Å²) in [6, 6.07) is 0. The summed E-state index contributed by atoms with van der Waals surface area (Å²) in [6.07, 6.45) is 5.81. The Morgan fingerprint density at radius 1 is 1.56 bits per heavy atom. The minimum Gasteiger partial charge on any atom is -0.384 e. The third-order valence-electron chi connectivity index (χ3n) is 2.58. The molecular formula is C11H16N6O. The van der Waals surface area contributed by atoms with Crippen LogP contribution in [-0.4, -0.2) is 19.7 Å². The van der Waals surface area contributed by atoms with Crippen LogP contribution in [0.15, 0.2) is 23.4 Å². The number of hydrogen-bond donors (Lipinski definition) is 3. The highest BCUT2D eigenvalue weighted by molar-refractivity contribution is 5.40. The van der Waals surface area contributed by atoms with Crippen molar-refractivity contribution >= 4 is 11.6 Å². The Morgan fingerprint density at radius 2 is 2.39 bits per heavy atom. The lowest BCUT2D eigenvalue weighted by Gasteiger charge is -2.07. The van der Waals surface area contributed by atoms with Gasteiger partial charge in [-0.3, -0.25) is 9.89 Å². The molecule has 0 amide bonds. The first-order chi connectivity index (χ1) is 8.72. The van der Waals surface area contributed by atoms with E-state index in [0.29, 0.717) is 24.7 Å². The van der Waals surface area contributed by atoms with E-state index in [1.807, 2.05) is 6.92 Å². The van der Waals surface area contributed by atoms with Crippen LogP contribution in [0.3, 0.4) is 0 Å². The Bertz CT molecular complexity index is 573. The summed E-state index contributed by atoms with van der Waals surface area (Å²) in [7, 11) is 0. The van der Waals surface area contributed by atoms with E-state index in [9.17, 15) is 4.79 Å². The highest BCUT2D eigenvalue weighted by atomic mass is 16.1. The Hall–Kier alpha value is -2.31. The number of aromatic amines is 1. The maximum atomic E-state index is 12.0. The Labute approximate surface area is 104 Å². The summed E-state index contributed by atoms with van der Waals surface area (Å²) < 4.78 is 1.63. The van der Waals surface area contributed by atoms with E-state index in [-0.39, 0.29) is 5.56 Å². The molecule has 0 aliphatic carbocycles.